The minimum atomic E-state index is -0.160. The second kappa shape index (κ2) is 10.4. The minimum Gasteiger partial charge on any atom is -0.396 e. The minimum absolute atomic E-state index is 0.0174. The van der Waals surface area contributed by atoms with E-state index in [4.69, 9.17) is 5.11 Å². The van der Waals surface area contributed by atoms with E-state index < -0.39 is 0 Å². The first kappa shape index (κ1) is 22.1. The van der Waals surface area contributed by atoms with E-state index >= 15 is 0 Å². The Balaban J connectivity index is 1.72. The lowest BCUT2D eigenvalue weighted by Crippen LogP contribution is -2.24. The van der Waals surface area contributed by atoms with Crippen LogP contribution in [0.2, 0.25) is 0 Å². The maximum Gasteiger partial charge on any atom is 0.262 e. The molecule has 0 spiro atoms. The standard InChI is InChI=1S/C23H27N3O3S/c1-3-16(2)17-9-11-18(12-10-17)24-21(28)15-30-23-25-20-8-5-4-7-19(20)22(29)26(23)13-6-14-27/h4-5,7-12,16,27H,3,6,13-15H2,1-2H3,(H,24,28)/t16-/m0/s1. The van der Waals surface area contributed by atoms with Crippen molar-refractivity contribution in [2.24, 2.45) is 0 Å². The molecule has 0 bridgehead atoms. The summed E-state index contributed by atoms with van der Waals surface area (Å²) in [5.41, 5.74) is 2.44. The van der Waals surface area contributed by atoms with Gasteiger partial charge in [0, 0.05) is 18.8 Å². The summed E-state index contributed by atoms with van der Waals surface area (Å²) in [6, 6.07) is 15.1. The molecular formula is C23H27N3O3S. The van der Waals surface area contributed by atoms with E-state index in [1.54, 1.807) is 18.2 Å². The van der Waals surface area contributed by atoms with E-state index in [-0.39, 0.29) is 23.8 Å². The first-order valence-corrected chi connectivity index (χ1v) is 11.1. The van der Waals surface area contributed by atoms with Crippen LogP contribution in [0.4, 0.5) is 5.69 Å². The van der Waals surface area contributed by atoms with Gasteiger partial charge in [-0.25, -0.2) is 4.98 Å². The lowest BCUT2D eigenvalue weighted by molar-refractivity contribution is -0.113. The number of carbonyl (C=O) groups is 1. The number of nitrogens with zero attached hydrogens (tertiary/aromatic N) is 2. The summed E-state index contributed by atoms with van der Waals surface area (Å²) in [5, 5.41) is 13.1. The highest BCUT2D eigenvalue weighted by atomic mass is 32.2. The molecule has 3 rings (SSSR count). The summed E-state index contributed by atoms with van der Waals surface area (Å²) >= 11 is 1.22. The van der Waals surface area contributed by atoms with Gasteiger partial charge >= 0.3 is 0 Å². The van der Waals surface area contributed by atoms with Gasteiger partial charge in [0.1, 0.15) is 0 Å². The van der Waals surface area contributed by atoms with E-state index in [1.165, 1.54) is 21.9 Å². The second-order valence-electron chi connectivity index (χ2n) is 7.21. The molecule has 0 saturated carbocycles. The Hall–Kier alpha value is -2.64. The molecule has 0 radical (unpaired) electrons. The number of nitrogens with one attached hydrogen (secondary N) is 1. The average molecular weight is 426 g/mol. The number of rotatable bonds is 9. The lowest BCUT2D eigenvalue weighted by Gasteiger charge is -2.13. The van der Waals surface area contributed by atoms with Crippen LogP contribution in [0.5, 0.6) is 0 Å². The number of aliphatic hydroxyl groups is 1. The molecule has 0 aliphatic carbocycles. The number of aliphatic hydroxyl groups excluding tert-OH is 1. The van der Waals surface area contributed by atoms with Crippen LogP contribution in [0.25, 0.3) is 10.9 Å². The summed E-state index contributed by atoms with van der Waals surface area (Å²) in [6.45, 7) is 4.67. The Labute approximate surface area is 180 Å². The van der Waals surface area contributed by atoms with Gasteiger partial charge in [-0.2, -0.15) is 0 Å². The van der Waals surface area contributed by atoms with Crippen LogP contribution in [-0.2, 0) is 11.3 Å². The van der Waals surface area contributed by atoms with Gasteiger partial charge in [-0.3, -0.25) is 14.2 Å². The molecule has 7 heteroatoms. The zero-order valence-corrected chi connectivity index (χ0v) is 18.1. The first-order chi connectivity index (χ1) is 14.5. The van der Waals surface area contributed by atoms with Crippen molar-refractivity contribution in [1.29, 1.82) is 0 Å². The van der Waals surface area contributed by atoms with Crippen LogP contribution < -0.4 is 10.9 Å². The molecular weight excluding hydrogens is 398 g/mol. The van der Waals surface area contributed by atoms with Crippen LogP contribution in [0.15, 0.2) is 58.5 Å². The van der Waals surface area contributed by atoms with Gasteiger partial charge in [0.2, 0.25) is 5.91 Å². The first-order valence-electron chi connectivity index (χ1n) is 10.2. The number of hydrogen-bond acceptors (Lipinski definition) is 5. The van der Waals surface area contributed by atoms with Gasteiger partial charge in [0.05, 0.1) is 16.7 Å². The van der Waals surface area contributed by atoms with Gasteiger partial charge in [-0.1, -0.05) is 49.9 Å². The highest BCUT2D eigenvalue weighted by Crippen LogP contribution is 2.22. The summed E-state index contributed by atoms with van der Waals surface area (Å²) in [4.78, 5) is 29.9. The summed E-state index contributed by atoms with van der Waals surface area (Å²) in [7, 11) is 0. The third-order valence-electron chi connectivity index (χ3n) is 5.07. The van der Waals surface area contributed by atoms with E-state index in [0.717, 1.165) is 12.1 Å². The zero-order chi connectivity index (χ0) is 21.5. The maximum atomic E-state index is 12.8. The Morgan fingerprint density at radius 3 is 2.63 bits per heavy atom. The maximum absolute atomic E-state index is 12.8. The van der Waals surface area contributed by atoms with Gasteiger partial charge in [0.15, 0.2) is 5.16 Å². The molecule has 1 atom stereocenters. The van der Waals surface area contributed by atoms with Crippen molar-refractivity contribution >= 4 is 34.3 Å². The van der Waals surface area contributed by atoms with Crippen molar-refractivity contribution in [3.8, 4) is 0 Å². The molecule has 0 saturated heterocycles. The van der Waals surface area contributed by atoms with Crippen LogP contribution in [0, 0.1) is 0 Å². The fraction of sp³-hybridized carbons (Fsp3) is 0.348. The molecule has 1 aromatic heterocycles. The number of hydrogen-bond donors (Lipinski definition) is 2. The second-order valence-corrected chi connectivity index (χ2v) is 8.16. The average Bonchev–Trinajstić information content (AvgIpc) is 2.77. The van der Waals surface area contributed by atoms with Crippen molar-refractivity contribution in [1.82, 2.24) is 9.55 Å². The summed E-state index contributed by atoms with van der Waals surface area (Å²) in [5.74, 6) is 0.462. The van der Waals surface area contributed by atoms with E-state index in [1.807, 2.05) is 30.3 Å². The summed E-state index contributed by atoms with van der Waals surface area (Å²) in [6.07, 6.45) is 1.52. The molecule has 0 fully saturated rings. The van der Waals surface area contributed by atoms with Gasteiger partial charge in [0.25, 0.3) is 5.56 Å². The molecule has 0 aliphatic heterocycles. The number of anilines is 1. The Kier molecular flexibility index (Phi) is 7.65. The number of amides is 1. The molecule has 0 unspecified atom stereocenters. The number of fused-ring (bicyclic) bond motifs is 1. The van der Waals surface area contributed by atoms with E-state index in [0.29, 0.717) is 34.9 Å². The molecule has 158 valence electrons. The number of carbonyl (C=O) groups excluding carboxylic acids is 1. The van der Waals surface area contributed by atoms with Gasteiger partial charge in [-0.05, 0) is 48.6 Å². The predicted molar refractivity (Wildman–Crippen MR) is 122 cm³/mol. The third kappa shape index (κ3) is 5.29. The third-order valence-corrected chi connectivity index (χ3v) is 6.05. The van der Waals surface area contributed by atoms with E-state index in [2.05, 4.69) is 24.1 Å². The zero-order valence-electron chi connectivity index (χ0n) is 17.3. The van der Waals surface area contributed by atoms with Gasteiger partial charge < -0.3 is 10.4 Å². The fourth-order valence-electron chi connectivity index (χ4n) is 3.14. The molecule has 3 aromatic rings. The van der Waals surface area contributed by atoms with Crippen LogP contribution in [0.1, 0.15) is 38.2 Å². The molecule has 2 N–H and O–H groups in total. The Morgan fingerprint density at radius 1 is 1.20 bits per heavy atom. The molecule has 6 nitrogen and oxygen atoms in total. The monoisotopic (exact) mass is 425 g/mol. The molecule has 30 heavy (non-hydrogen) atoms. The highest BCUT2D eigenvalue weighted by molar-refractivity contribution is 7.99. The summed E-state index contributed by atoms with van der Waals surface area (Å²) < 4.78 is 1.54. The van der Waals surface area contributed by atoms with Crippen molar-refractivity contribution in [2.45, 2.75) is 44.3 Å². The van der Waals surface area contributed by atoms with Gasteiger partial charge in [-0.15, -0.1) is 0 Å². The predicted octanol–water partition coefficient (Wildman–Crippen LogP) is 4.02. The van der Waals surface area contributed by atoms with Crippen molar-refractivity contribution in [3.63, 3.8) is 0 Å². The SMILES string of the molecule is CC[C@H](C)c1ccc(NC(=O)CSc2nc3ccccc3c(=O)n2CCCO)cc1. The lowest BCUT2D eigenvalue weighted by atomic mass is 9.99. The smallest absolute Gasteiger partial charge is 0.262 e. The molecule has 1 heterocycles. The topological polar surface area (TPSA) is 84.2 Å². The number of benzene rings is 2. The Morgan fingerprint density at radius 2 is 1.93 bits per heavy atom. The van der Waals surface area contributed by atoms with Crippen molar-refractivity contribution in [2.75, 3.05) is 17.7 Å². The number of aromatic nitrogens is 2. The fourth-order valence-corrected chi connectivity index (χ4v) is 3.97. The number of para-hydroxylation sites is 1. The Bertz CT molecular complexity index is 1060. The normalized spacial score (nSPS) is 12.1. The largest absolute Gasteiger partial charge is 0.396 e. The van der Waals surface area contributed by atoms with E-state index in [9.17, 15) is 9.59 Å². The van der Waals surface area contributed by atoms with Crippen molar-refractivity contribution in [3.05, 3.63) is 64.4 Å². The molecule has 2 aromatic carbocycles. The van der Waals surface area contributed by atoms with Crippen LogP contribution in [-0.4, -0.2) is 32.9 Å². The van der Waals surface area contributed by atoms with Crippen LogP contribution >= 0.6 is 11.8 Å². The molecule has 0 aliphatic rings. The quantitative estimate of drug-likeness (QED) is 0.400. The highest BCUT2D eigenvalue weighted by Gasteiger charge is 2.13. The number of thioether (sulfide) groups is 1. The van der Waals surface area contributed by atoms with Crippen molar-refractivity contribution < 1.29 is 9.90 Å². The van der Waals surface area contributed by atoms with Crippen LogP contribution in [0.3, 0.4) is 0 Å². The molecule has 1 amide bonds.